The van der Waals surface area contributed by atoms with Crippen LogP contribution in [0.4, 0.5) is 0 Å². The van der Waals surface area contributed by atoms with E-state index in [4.69, 9.17) is 5.73 Å². The number of ketones is 2. The molecule has 0 bridgehead atoms. The Balaban J connectivity index is 1.57. The Morgan fingerprint density at radius 2 is 1.65 bits per heavy atom. The molecule has 1 fully saturated rings. The zero-order valence-corrected chi connectivity index (χ0v) is 26.0. The van der Waals surface area contributed by atoms with Crippen molar-refractivity contribution in [2.75, 3.05) is 14.1 Å². The van der Waals surface area contributed by atoms with Crippen LogP contribution in [0.15, 0.2) is 65.4 Å². The maximum Gasteiger partial charge on any atom is 0.255 e. The molecule has 0 aromatic heterocycles. The summed E-state index contributed by atoms with van der Waals surface area (Å²) in [6.45, 7) is 4.79. The van der Waals surface area contributed by atoms with Crippen LogP contribution in [0.1, 0.15) is 37.0 Å². The van der Waals surface area contributed by atoms with E-state index in [9.17, 15) is 39.9 Å². The van der Waals surface area contributed by atoms with E-state index in [1.165, 1.54) is 25.1 Å². The van der Waals surface area contributed by atoms with Gasteiger partial charge in [-0.2, -0.15) is 0 Å². The van der Waals surface area contributed by atoms with Gasteiger partial charge in [-0.3, -0.25) is 19.3 Å². The van der Waals surface area contributed by atoms with Crippen LogP contribution >= 0.6 is 0 Å². The van der Waals surface area contributed by atoms with Crippen LogP contribution in [0, 0.1) is 5.92 Å². The lowest BCUT2D eigenvalue weighted by atomic mass is 9.54. The molecule has 0 saturated heterocycles. The zero-order valence-electron chi connectivity index (χ0n) is 26.0. The van der Waals surface area contributed by atoms with E-state index in [1.807, 2.05) is 36.4 Å². The molecule has 3 aliphatic carbocycles. The highest BCUT2D eigenvalue weighted by atomic mass is 16.4. The smallest absolute Gasteiger partial charge is 0.255 e. The summed E-state index contributed by atoms with van der Waals surface area (Å²) in [5.41, 5.74) is 1.33. The molecule has 3 aromatic rings. The number of aromatic hydroxyl groups is 1. The van der Waals surface area contributed by atoms with Gasteiger partial charge in [0.15, 0.2) is 11.5 Å². The molecular weight excluding hydrogens is 590 g/mol. The molecule has 0 aliphatic heterocycles. The average molecular weight is 628 g/mol. The normalized spacial score (nSPS) is 26.1. The summed E-state index contributed by atoms with van der Waals surface area (Å²) < 4.78 is 0. The van der Waals surface area contributed by atoms with Crippen LogP contribution in [0.3, 0.4) is 0 Å². The van der Waals surface area contributed by atoms with Crippen molar-refractivity contribution in [2.45, 2.75) is 56.5 Å². The molecule has 46 heavy (non-hydrogen) atoms. The van der Waals surface area contributed by atoms with Crippen LogP contribution in [-0.2, 0) is 27.3 Å². The van der Waals surface area contributed by atoms with Gasteiger partial charge in [-0.1, -0.05) is 56.3 Å². The number of nitrogens with zero attached hydrogens (tertiary/aromatic N) is 1. The number of phenols is 1. The highest BCUT2D eigenvalue weighted by Crippen LogP contribution is 2.55. The Bertz CT molecular complexity index is 1910. The maximum atomic E-state index is 14.2. The van der Waals surface area contributed by atoms with Gasteiger partial charge in [0, 0.05) is 18.2 Å². The quantitative estimate of drug-likeness (QED) is 0.200. The number of amides is 1. The first-order valence-corrected chi connectivity index (χ1v) is 15.1. The molecule has 240 valence electrons. The second kappa shape index (κ2) is 10.8. The van der Waals surface area contributed by atoms with Gasteiger partial charge < -0.3 is 36.6 Å². The third kappa shape index (κ3) is 4.23. The van der Waals surface area contributed by atoms with Gasteiger partial charge in [0.1, 0.15) is 28.7 Å². The number of Topliss-reactive ketones (excluding diaryl/α,β-unsaturated/α-hetero) is 2. The second-order valence-electron chi connectivity index (χ2n) is 13.0. The zero-order chi connectivity index (χ0) is 33.5. The third-order valence-electron chi connectivity index (χ3n) is 9.69. The number of aliphatic hydroxyl groups excluding tert-OH is 2. The van der Waals surface area contributed by atoms with Crippen LogP contribution in [0.2, 0.25) is 0 Å². The Kier molecular flexibility index (Phi) is 7.36. The van der Waals surface area contributed by atoms with Gasteiger partial charge >= 0.3 is 0 Å². The number of nitrogens with two attached hydrogens (primary N) is 1. The van der Waals surface area contributed by atoms with E-state index in [0.717, 1.165) is 21.9 Å². The summed E-state index contributed by atoms with van der Waals surface area (Å²) in [5.74, 6) is -6.96. The third-order valence-corrected chi connectivity index (χ3v) is 9.69. The minimum Gasteiger partial charge on any atom is -0.508 e. The highest BCUT2D eigenvalue weighted by Gasteiger charge is 2.72. The fourth-order valence-corrected chi connectivity index (χ4v) is 7.66. The molecule has 8 N–H and O–H groups in total. The first-order valence-electron chi connectivity index (χ1n) is 15.1. The number of primary amides is 1. The molecular formula is C35H37N3O8. The predicted molar refractivity (Wildman–Crippen MR) is 171 cm³/mol. The molecule has 0 spiro atoms. The second-order valence-corrected chi connectivity index (χ2v) is 13.0. The van der Waals surface area contributed by atoms with E-state index in [1.54, 1.807) is 6.07 Å². The van der Waals surface area contributed by atoms with Crippen molar-refractivity contribution < 1.29 is 39.9 Å². The maximum absolute atomic E-state index is 14.2. The van der Waals surface area contributed by atoms with Crippen LogP contribution in [-0.4, -0.2) is 85.3 Å². The van der Waals surface area contributed by atoms with Crippen LogP contribution < -0.4 is 11.1 Å². The van der Waals surface area contributed by atoms with Gasteiger partial charge in [-0.25, -0.2) is 0 Å². The number of likely N-dealkylation sites (N-methyl/N-ethyl adjacent to an activating group) is 1. The standard InChI is InChI=1S/C35H37N3O8/c1-16(2)37-15-17-9-10-21(20-8-6-5-7-19(17)20)22-11-12-24(39)26-23(22)13-18-14-34(45)30(38(3)4)29(41)27(33(36)44)32(43)35(34,46)31(42)25(18)28(26)40/h5-12,16,18,30,37,39-40,43,45-46H,13-15H2,1-4H3,(H2,36,44)/t18-,30+,34+,35-/m0/s1. The average Bonchev–Trinajstić information content (AvgIpc) is 2.98. The lowest BCUT2D eigenvalue weighted by molar-refractivity contribution is -0.202. The van der Waals surface area contributed by atoms with Crippen molar-refractivity contribution >= 4 is 34.0 Å². The first kappa shape index (κ1) is 31.4. The summed E-state index contributed by atoms with van der Waals surface area (Å²) in [6, 6.07) is 13.7. The number of fused-ring (bicyclic) bond motifs is 4. The van der Waals surface area contributed by atoms with Crippen molar-refractivity contribution in [3.63, 3.8) is 0 Å². The lowest BCUT2D eigenvalue weighted by Gasteiger charge is -2.55. The van der Waals surface area contributed by atoms with Crippen LogP contribution in [0.5, 0.6) is 5.75 Å². The number of nitrogens with one attached hydrogen (secondary N) is 1. The fraction of sp³-hybridized carbons (Fsp3) is 0.343. The van der Waals surface area contributed by atoms with E-state index in [0.29, 0.717) is 17.7 Å². The molecule has 3 aromatic carbocycles. The predicted octanol–water partition coefficient (Wildman–Crippen LogP) is 2.40. The molecule has 1 amide bonds. The topological polar surface area (TPSA) is 194 Å². The fourth-order valence-electron chi connectivity index (χ4n) is 7.66. The van der Waals surface area contributed by atoms with Gasteiger partial charge in [-0.05, 0) is 71.9 Å². The number of rotatable bonds is 6. The van der Waals surface area contributed by atoms with E-state index < -0.39 is 64.1 Å². The number of carbonyl (C=O) groups is 3. The molecule has 0 unspecified atom stereocenters. The Morgan fingerprint density at radius 1 is 1.00 bits per heavy atom. The van der Waals surface area contributed by atoms with Gasteiger partial charge in [0.2, 0.25) is 11.4 Å². The number of carbonyl (C=O) groups excluding carboxylic acids is 3. The largest absolute Gasteiger partial charge is 0.508 e. The number of hydrogen-bond donors (Lipinski definition) is 7. The first-order chi connectivity index (χ1) is 21.6. The summed E-state index contributed by atoms with van der Waals surface area (Å²) in [5, 5.41) is 63.1. The van der Waals surface area contributed by atoms with Crippen molar-refractivity contribution in [1.29, 1.82) is 0 Å². The molecule has 6 rings (SSSR count). The number of phenolic OH excluding ortho intramolecular Hbond substituents is 1. The van der Waals surface area contributed by atoms with Gasteiger partial charge in [-0.15, -0.1) is 0 Å². The molecule has 11 heteroatoms. The van der Waals surface area contributed by atoms with Crippen molar-refractivity contribution in [3.05, 3.63) is 82.1 Å². The molecule has 3 aliphatic rings. The summed E-state index contributed by atoms with van der Waals surface area (Å²) in [7, 11) is 2.85. The molecule has 1 saturated carbocycles. The monoisotopic (exact) mass is 627 g/mol. The number of aliphatic hydroxyl groups is 4. The molecule has 11 nitrogen and oxygen atoms in total. The van der Waals surface area contributed by atoms with E-state index >= 15 is 0 Å². The van der Waals surface area contributed by atoms with Gasteiger partial charge in [0.25, 0.3) is 5.91 Å². The Morgan fingerprint density at radius 3 is 2.28 bits per heavy atom. The minimum atomic E-state index is -3.18. The number of benzene rings is 3. The number of hydrogen-bond acceptors (Lipinski definition) is 10. The van der Waals surface area contributed by atoms with Crippen molar-refractivity contribution in [2.24, 2.45) is 11.7 Å². The summed E-state index contributed by atoms with van der Waals surface area (Å²) >= 11 is 0. The Labute approximate surface area is 265 Å². The van der Waals surface area contributed by atoms with Crippen LogP contribution in [0.25, 0.3) is 27.7 Å². The molecule has 0 heterocycles. The van der Waals surface area contributed by atoms with E-state index in [2.05, 4.69) is 19.2 Å². The van der Waals surface area contributed by atoms with Gasteiger partial charge in [0.05, 0.1) is 5.56 Å². The highest BCUT2D eigenvalue weighted by molar-refractivity contribution is 6.25. The van der Waals surface area contributed by atoms with Crippen molar-refractivity contribution in [3.8, 4) is 16.9 Å². The molecule has 0 radical (unpaired) electrons. The Hall–Kier alpha value is -4.55. The lowest BCUT2D eigenvalue weighted by Crippen LogP contribution is -2.76. The summed E-state index contributed by atoms with van der Waals surface area (Å²) in [4.78, 5) is 41.1. The summed E-state index contributed by atoms with van der Waals surface area (Å²) in [6.07, 6.45) is -0.413. The molecule has 4 atom stereocenters. The SMILES string of the molecule is CC(C)NCc1ccc(-c2ccc(O)c3c2C[C@H]2C[C@@]4(O)[C@H](N(C)C)C(=O)C(C(N)=O)=C(O)[C@@]4(O)C(=O)C2=C3O)c2ccccc12. The van der Waals surface area contributed by atoms with Crippen molar-refractivity contribution in [1.82, 2.24) is 10.2 Å². The minimum absolute atomic E-state index is 0.0181. The van der Waals surface area contributed by atoms with E-state index in [-0.39, 0.29) is 29.3 Å².